The van der Waals surface area contributed by atoms with Crippen LogP contribution in [0.15, 0.2) is 27.1 Å². The van der Waals surface area contributed by atoms with E-state index in [1.54, 1.807) is 12.3 Å². The fourth-order valence-corrected chi connectivity index (χ4v) is 2.22. The molecule has 1 aromatic carbocycles. The molecule has 0 heterocycles. The molecule has 16 heavy (non-hydrogen) atoms. The van der Waals surface area contributed by atoms with Crippen molar-refractivity contribution < 1.29 is 4.21 Å². The van der Waals surface area contributed by atoms with Crippen molar-refractivity contribution in [2.45, 2.75) is 25.5 Å². The monoisotopic (exact) mass is 321 g/mol. The van der Waals surface area contributed by atoms with Gasteiger partial charge >= 0.3 is 0 Å². The normalized spacial score (nSPS) is 14.3. The van der Waals surface area contributed by atoms with E-state index in [1.807, 2.05) is 32.9 Å². The second-order valence-corrected chi connectivity index (χ2v) is 7.43. The fourth-order valence-electron chi connectivity index (χ4n) is 0.893. The Hall–Kier alpha value is -0.190. The predicted octanol–water partition coefficient (Wildman–Crippen LogP) is 3.98. The van der Waals surface area contributed by atoms with Crippen LogP contribution >= 0.6 is 27.5 Å². The lowest BCUT2D eigenvalue weighted by Gasteiger charge is -2.12. The third kappa shape index (κ3) is 3.68. The Balaban J connectivity index is 2.98. The van der Waals surface area contributed by atoms with Crippen molar-refractivity contribution in [1.82, 2.24) is 0 Å². The maximum absolute atomic E-state index is 11.7. The summed E-state index contributed by atoms with van der Waals surface area (Å²) in [6, 6.07) is 5.48. The molecule has 0 aliphatic heterocycles. The fraction of sp³-hybridized carbons (Fsp3) is 0.364. The van der Waals surface area contributed by atoms with Gasteiger partial charge in [-0.3, -0.25) is 0 Å². The van der Waals surface area contributed by atoms with Gasteiger partial charge in [-0.05, 0) is 32.9 Å². The van der Waals surface area contributed by atoms with Gasteiger partial charge in [0, 0.05) is 16.3 Å². The van der Waals surface area contributed by atoms with E-state index in [-0.39, 0.29) is 4.75 Å². The second kappa shape index (κ2) is 5.43. The standard InChI is InChI=1S/C11H13BrClNOS/c1-11(2,3)16(15)14-7-8-9(12)5-4-6-10(8)13/h4-7H,1-3H3. The number of nitrogens with zero attached hydrogens (tertiary/aromatic N) is 1. The lowest BCUT2D eigenvalue weighted by Crippen LogP contribution is -2.19. The van der Waals surface area contributed by atoms with Crippen LogP contribution in [0.5, 0.6) is 0 Å². The van der Waals surface area contributed by atoms with Crippen molar-refractivity contribution in [3.8, 4) is 0 Å². The van der Waals surface area contributed by atoms with Gasteiger partial charge in [0.1, 0.15) is 11.0 Å². The average Bonchev–Trinajstić information content (AvgIpc) is 2.15. The molecule has 0 N–H and O–H groups in total. The van der Waals surface area contributed by atoms with Crippen molar-refractivity contribution in [2.75, 3.05) is 0 Å². The molecule has 0 bridgehead atoms. The predicted molar refractivity (Wildman–Crippen MR) is 74.6 cm³/mol. The highest BCUT2D eigenvalue weighted by atomic mass is 79.9. The lowest BCUT2D eigenvalue weighted by molar-refractivity contribution is 0.651. The van der Waals surface area contributed by atoms with Crippen molar-refractivity contribution in [2.24, 2.45) is 4.40 Å². The quantitative estimate of drug-likeness (QED) is 0.757. The Labute approximate surface area is 112 Å². The molecule has 5 heteroatoms. The molecule has 1 unspecified atom stereocenters. The summed E-state index contributed by atoms with van der Waals surface area (Å²) in [5.41, 5.74) is 0.752. The molecule has 88 valence electrons. The number of rotatable bonds is 2. The number of benzene rings is 1. The Bertz CT molecular complexity index is 420. The average molecular weight is 323 g/mol. The van der Waals surface area contributed by atoms with Crippen LogP contribution in [0.4, 0.5) is 0 Å². The third-order valence-electron chi connectivity index (χ3n) is 1.80. The minimum atomic E-state index is -1.26. The Morgan fingerprint density at radius 3 is 2.56 bits per heavy atom. The van der Waals surface area contributed by atoms with Gasteiger partial charge in [0.05, 0.1) is 9.77 Å². The molecule has 0 amide bonds. The van der Waals surface area contributed by atoms with E-state index in [9.17, 15) is 4.21 Å². The van der Waals surface area contributed by atoms with Gasteiger partial charge in [0.2, 0.25) is 0 Å². The zero-order valence-electron chi connectivity index (χ0n) is 9.33. The topological polar surface area (TPSA) is 29.4 Å². The molecule has 1 atom stereocenters. The summed E-state index contributed by atoms with van der Waals surface area (Å²) in [5.74, 6) is 0. The van der Waals surface area contributed by atoms with Crippen LogP contribution in [0.2, 0.25) is 5.02 Å². The molecular weight excluding hydrogens is 310 g/mol. The van der Waals surface area contributed by atoms with Crippen molar-refractivity contribution in [3.63, 3.8) is 0 Å². The highest BCUT2D eigenvalue weighted by Gasteiger charge is 2.18. The molecule has 2 nitrogen and oxygen atoms in total. The summed E-state index contributed by atoms with van der Waals surface area (Å²) in [6.07, 6.45) is 1.55. The molecule has 0 saturated heterocycles. The Morgan fingerprint density at radius 2 is 2.06 bits per heavy atom. The maximum Gasteiger partial charge on any atom is 0.144 e. The van der Waals surface area contributed by atoms with Gasteiger partial charge in [-0.1, -0.05) is 33.6 Å². The van der Waals surface area contributed by atoms with Crippen molar-refractivity contribution in [1.29, 1.82) is 0 Å². The van der Waals surface area contributed by atoms with Crippen LogP contribution < -0.4 is 0 Å². The molecule has 0 aliphatic rings. The van der Waals surface area contributed by atoms with E-state index in [0.717, 1.165) is 10.0 Å². The molecule has 0 aromatic heterocycles. The minimum absolute atomic E-state index is 0.357. The highest BCUT2D eigenvalue weighted by Crippen LogP contribution is 2.23. The van der Waals surface area contributed by atoms with E-state index in [0.29, 0.717) is 5.02 Å². The molecule has 0 aliphatic carbocycles. The number of halogens is 2. The highest BCUT2D eigenvalue weighted by molar-refractivity contribution is 9.10. The van der Waals surface area contributed by atoms with Crippen LogP contribution in [0.1, 0.15) is 26.3 Å². The second-order valence-electron chi connectivity index (χ2n) is 4.23. The molecule has 0 spiro atoms. The van der Waals surface area contributed by atoms with Crippen LogP contribution in [0.25, 0.3) is 0 Å². The van der Waals surface area contributed by atoms with Crippen LogP contribution in [0, 0.1) is 0 Å². The van der Waals surface area contributed by atoms with Crippen LogP contribution in [-0.4, -0.2) is 15.2 Å². The zero-order chi connectivity index (χ0) is 12.3. The first-order chi connectivity index (χ1) is 7.32. The zero-order valence-corrected chi connectivity index (χ0v) is 12.5. The summed E-state index contributed by atoms with van der Waals surface area (Å²) in [7, 11) is -1.26. The summed E-state index contributed by atoms with van der Waals surface area (Å²) in [4.78, 5) is 0. The van der Waals surface area contributed by atoms with Gasteiger partial charge in [-0.15, -0.1) is 0 Å². The van der Waals surface area contributed by atoms with Crippen molar-refractivity contribution in [3.05, 3.63) is 33.3 Å². The van der Waals surface area contributed by atoms with E-state index in [2.05, 4.69) is 20.3 Å². The molecule has 0 saturated carbocycles. The maximum atomic E-state index is 11.7. The third-order valence-corrected chi connectivity index (χ3v) is 4.17. The first-order valence-corrected chi connectivity index (χ1v) is 7.00. The summed E-state index contributed by atoms with van der Waals surface area (Å²) in [5, 5.41) is 0.587. The minimum Gasteiger partial charge on any atom is -0.234 e. The van der Waals surface area contributed by atoms with Gasteiger partial charge in [0.25, 0.3) is 0 Å². The molecular formula is C11H13BrClNOS. The molecule has 0 fully saturated rings. The number of hydrogen-bond acceptors (Lipinski definition) is 1. The van der Waals surface area contributed by atoms with E-state index in [4.69, 9.17) is 11.6 Å². The van der Waals surface area contributed by atoms with Gasteiger partial charge in [-0.25, -0.2) is 4.21 Å². The van der Waals surface area contributed by atoms with Gasteiger partial charge < -0.3 is 0 Å². The molecule has 1 aromatic rings. The van der Waals surface area contributed by atoms with Gasteiger partial charge in [0.15, 0.2) is 0 Å². The van der Waals surface area contributed by atoms with Crippen LogP contribution in [0.3, 0.4) is 0 Å². The van der Waals surface area contributed by atoms with E-state index >= 15 is 0 Å². The smallest absolute Gasteiger partial charge is 0.144 e. The summed E-state index contributed by atoms with van der Waals surface area (Å²) < 4.78 is 16.2. The molecule has 0 radical (unpaired) electrons. The van der Waals surface area contributed by atoms with Gasteiger partial charge in [-0.2, -0.15) is 4.40 Å². The van der Waals surface area contributed by atoms with Crippen molar-refractivity contribution >= 4 is 44.7 Å². The van der Waals surface area contributed by atoms with E-state index in [1.165, 1.54) is 0 Å². The summed E-state index contributed by atoms with van der Waals surface area (Å²) >= 11 is 9.38. The Morgan fingerprint density at radius 1 is 1.44 bits per heavy atom. The summed E-state index contributed by atoms with van der Waals surface area (Å²) in [6.45, 7) is 5.63. The SMILES string of the molecule is CC(C)(C)S(=O)N=Cc1c(Cl)cccc1Br. The number of hydrogen-bond donors (Lipinski definition) is 0. The first kappa shape index (κ1) is 13.9. The largest absolute Gasteiger partial charge is 0.234 e. The lowest BCUT2D eigenvalue weighted by atomic mass is 10.2. The van der Waals surface area contributed by atoms with E-state index < -0.39 is 11.0 Å². The first-order valence-electron chi connectivity index (χ1n) is 4.72. The van der Waals surface area contributed by atoms with Crippen LogP contribution in [-0.2, 0) is 11.0 Å². The molecule has 1 rings (SSSR count). The Kier molecular flexibility index (Phi) is 4.71.